The molecule has 0 radical (unpaired) electrons. The fraction of sp³-hybridized carbons (Fsp3) is 0.316. The van der Waals surface area contributed by atoms with Crippen molar-refractivity contribution < 1.29 is 14.3 Å². The van der Waals surface area contributed by atoms with E-state index in [1.807, 2.05) is 0 Å². The number of hydrogen-bond donors (Lipinski definition) is 1. The molecule has 0 saturated carbocycles. The van der Waals surface area contributed by atoms with E-state index in [4.69, 9.17) is 21.1 Å². The third-order valence-electron chi connectivity index (χ3n) is 3.56. The molecule has 2 rings (SSSR count). The highest BCUT2D eigenvalue weighted by Crippen LogP contribution is 2.27. The van der Waals surface area contributed by atoms with Crippen LogP contribution in [0.15, 0.2) is 42.5 Å². The average Bonchev–Trinajstić information content (AvgIpc) is 2.61. The summed E-state index contributed by atoms with van der Waals surface area (Å²) in [6, 6.07) is 12.2. The Labute approximate surface area is 147 Å². The summed E-state index contributed by atoms with van der Waals surface area (Å²) in [5.74, 6) is 1.19. The van der Waals surface area contributed by atoms with Gasteiger partial charge >= 0.3 is 0 Å². The number of rotatable bonds is 8. The number of amides is 1. The minimum atomic E-state index is -0.223. The third kappa shape index (κ3) is 5.17. The van der Waals surface area contributed by atoms with Gasteiger partial charge in [0, 0.05) is 11.6 Å². The lowest BCUT2D eigenvalue weighted by atomic mass is 10.2. The minimum Gasteiger partial charge on any atom is -0.497 e. The number of unbranched alkanes of at least 4 members (excludes halogenated alkanes) is 2. The van der Waals surface area contributed by atoms with E-state index < -0.39 is 0 Å². The van der Waals surface area contributed by atoms with Crippen LogP contribution in [0.1, 0.15) is 36.5 Å². The maximum atomic E-state index is 12.3. The van der Waals surface area contributed by atoms with Crippen molar-refractivity contribution in [2.45, 2.75) is 26.2 Å². The lowest BCUT2D eigenvalue weighted by molar-refractivity contribution is 0.102. The molecule has 0 aromatic heterocycles. The van der Waals surface area contributed by atoms with Crippen molar-refractivity contribution in [3.05, 3.63) is 53.1 Å². The summed E-state index contributed by atoms with van der Waals surface area (Å²) >= 11 is 6.13. The number of nitrogens with one attached hydrogen (secondary N) is 1. The molecule has 24 heavy (non-hydrogen) atoms. The van der Waals surface area contributed by atoms with Crippen LogP contribution in [0, 0.1) is 0 Å². The number of benzene rings is 2. The Bertz CT molecular complexity index is 671. The van der Waals surface area contributed by atoms with E-state index in [9.17, 15) is 4.79 Å². The molecule has 1 N–H and O–H groups in total. The van der Waals surface area contributed by atoms with Gasteiger partial charge in [-0.25, -0.2) is 0 Å². The molecule has 2 aromatic carbocycles. The lowest BCUT2D eigenvalue weighted by Crippen LogP contribution is -2.12. The standard InChI is InChI=1S/C19H22ClNO3/c1-3-4-5-12-24-15-8-6-14(7-9-15)19(22)21-18-11-10-16(23-2)13-17(18)20/h6-11,13H,3-5,12H2,1-2H3,(H,21,22). The molecule has 0 atom stereocenters. The number of halogens is 1. The fourth-order valence-electron chi connectivity index (χ4n) is 2.16. The molecular weight excluding hydrogens is 326 g/mol. The molecule has 1 amide bonds. The SMILES string of the molecule is CCCCCOc1ccc(C(=O)Nc2ccc(OC)cc2Cl)cc1. The van der Waals surface area contributed by atoms with Crippen molar-refractivity contribution >= 4 is 23.2 Å². The van der Waals surface area contributed by atoms with E-state index in [0.29, 0.717) is 28.6 Å². The lowest BCUT2D eigenvalue weighted by Gasteiger charge is -2.10. The van der Waals surface area contributed by atoms with Gasteiger partial charge in [-0.1, -0.05) is 31.4 Å². The highest BCUT2D eigenvalue weighted by atomic mass is 35.5. The first kappa shape index (κ1) is 18.1. The molecule has 0 spiro atoms. The summed E-state index contributed by atoms with van der Waals surface area (Å²) in [6.07, 6.45) is 3.36. The summed E-state index contributed by atoms with van der Waals surface area (Å²) in [4.78, 5) is 12.3. The van der Waals surface area contributed by atoms with Crippen LogP contribution < -0.4 is 14.8 Å². The van der Waals surface area contributed by atoms with E-state index >= 15 is 0 Å². The third-order valence-corrected chi connectivity index (χ3v) is 3.87. The second-order valence-electron chi connectivity index (χ2n) is 5.38. The molecule has 0 aliphatic carbocycles. The smallest absolute Gasteiger partial charge is 0.255 e. The van der Waals surface area contributed by atoms with Crippen LogP contribution in [0.4, 0.5) is 5.69 Å². The van der Waals surface area contributed by atoms with Crippen LogP contribution >= 0.6 is 11.6 Å². The van der Waals surface area contributed by atoms with E-state index in [2.05, 4.69) is 12.2 Å². The largest absolute Gasteiger partial charge is 0.497 e. The summed E-state index contributed by atoms with van der Waals surface area (Å²) in [7, 11) is 1.57. The van der Waals surface area contributed by atoms with Gasteiger partial charge in [-0.2, -0.15) is 0 Å². The minimum absolute atomic E-state index is 0.223. The summed E-state index contributed by atoms with van der Waals surface area (Å²) in [5, 5.41) is 3.22. The number of anilines is 1. The Balaban J connectivity index is 1.95. The maximum absolute atomic E-state index is 12.3. The maximum Gasteiger partial charge on any atom is 0.255 e. The topological polar surface area (TPSA) is 47.6 Å². The van der Waals surface area contributed by atoms with Crippen molar-refractivity contribution in [1.82, 2.24) is 0 Å². The van der Waals surface area contributed by atoms with Crippen molar-refractivity contribution in [2.24, 2.45) is 0 Å². The Morgan fingerprint density at radius 1 is 1.08 bits per heavy atom. The summed E-state index contributed by atoms with van der Waals surface area (Å²) in [5.41, 5.74) is 1.09. The van der Waals surface area contributed by atoms with Gasteiger partial charge in [-0.15, -0.1) is 0 Å². The second-order valence-corrected chi connectivity index (χ2v) is 5.79. The first-order valence-electron chi connectivity index (χ1n) is 8.01. The van der Waals surface area contributed by atoms with Crippen LogP contribution in [0.3, 0.4) is 0 Å². The van der Waals surface area contributed by atoms with Gasteiger partial charge in [-0.05, 0) is 42.8 Å². The highest BCUT2D eigenvalue weighted by Gasteiger charge is 2.09. The monoisotopic (exact) mass is 347 g/mol. The molecule has 4 nitrogen and oxygen atoms in total. The molecule has 0 unspecified atom stereocenters. The molecule has 0 saturated heterocycles. The number of carbonyl (C=O) groups excluding carboxylic acids is 1. The Hall–Kier alpha value is -2.20. The molecular formula is C19H22ClNO3. The molecule has 0 heterocycles. The first-order valence-corrected chi connectivity index (χ1v) is 8.39. The van der Waals surface area contributed by atoms with Crippen LogP contribution in [0.25, 0.3) is 0 Å². The van der Waals surface area contributed by atoms with Gasteiger partial charge < -0.3 is 14.8 Å². The van der Waals surface area contributed by atoms with E-state index in [-0.39, 0.29) is 5.91 Å². The predicted octanol–water partition coefficient (Wildman–Crippen LogP) is 5.17. The molecule has 0 aliphatic rings. The van der Waals surface area contributed by atoms with Crippen molar-refractivity contribution in [1.29, 1.82) is 0 Å². The molecule has 0 aliphatic heterocycles. The Morgan fingerprint density at radius 2 is 1.79 bits per heavy atom. The molecule has 128 valence electrons. The number of ether oxygens (including phenoxy) is 2. The highest BCUT2D eigenvalue weighted by molar-refractivity contribution is 6.34. The molecule has 0 bridgehead atoms. The fourth-order valence-corrected chi connectivity index (χ4v) is 2.38. The van der Waals surface area contributed by atoms with Gasteiger partial charge in [0.05, 0.1) is 24.4 Å². The van der Waals surface area contributed by atoms with Crippen molar-refractivity contribution in [3.63, 3.8) is 0 Å². The Morgan fingerprint density at radius 3 is 2.42 bits per heavy atom. The first-order chi connectivity index (χ1) is 11.6. The Kier molecular flexibility index (Phi) is 6.94. The number of hydrogen-bond acceptors (Lipinski definition) is 3. The van der Waals surface area contributed by atoms with Gasteiger partial charge in [0.2, 0.25) is 0 Å². The van der Waals surface area contributed by atoms with E-state index in [1.165, 1.54) is 0 Å². The summed E-state index contributed by atoms with van der Waals surface area (Å²) in [6.45, 7) is 2.85. The van der Waals surface area contributed by atoms with E-state index in [1.54, 1.807) is 49.6 Å². The van der Waals surface area contributed by atoms with E-state index in [0.717, 1.165) is 25.0 Å². The van der Waals surface area contributed by atoms with Crippen LogP contribution in [0.5, 0.6) is 11.5 Å². The quantitative estimate of drug-likeness (QED) is 0.670. The normalized spacial score (nSPS) is 10.3. The molecule has 0 fully saturated rings. The van der Waals surface area contributed by atoms with Crippen LogP contribution in [-0.2, 0) is 0 Å². The zero-order valence-electron chi connectivity index (χ0n) is 14.0. The van der Waals surface area contributed by atoms with Gasteiger partial charge in [0.15, 0.2) is 0 Å². The van der Waals surface area contributed by atoms with Gasteiger partial charge in [0.1, 0.15) is 11.5 Å². The zero-order valence-corrected chi connectivity index (χ0v) is 14.7. The average molecular weight is 348 g/mol. The van der Waals surface area contributed by atoms with Crippen molar-refractivity contribution in [2.75, 3.05) is 19.0 Å². The van der Waals surface area contributed by atoms with Gasteiger partial charge in [0.25, 0.3) is 5.91 Å². The second kappa shape index (κ2) is 9.18. The predicted molar refractivity (Wildman–Crippen MR) is 97.4 cm³/mol. The van der Waals surface area contributed by atoms with Crippen molar-refractivity contribution in [3.8, 4) is 11.5 Å². The molecule has 2 aromatic rings. The molecule has 5 heteroatoms. The summed E-state index contributed by atoms with van der Waals surface area (Å²) < 4.78 is 10.7. The number of methoxy groups -OCH3 is 1. The zero-order chi connectivity index (χ0) is 17.4. The van der Waals surface area contributed by atoms with Gasteiger partial charge in [-0.3, -0.25) is 4.79 Å². The number of carbonyl (C=O) groups is 1. The van der Waals surface area contributed by atoms with Crippen LogP contribution in [0.2, 0.25) is 5.02 Å². The van der Waals surface area contributed by atoms with Crippen LogP contribution in [-0.4, -0.2) is 19.6 Å².